The van der Waals surface area contributed by atoms with Gasteiger partial charge in [-0.2, -0.15) is 0 Å². The quantitative estimate of drug-likeness (QED) is 0.849. The first-order valence-corrected chi connectivity index (χ1v) is 5.19. The first-order valence-electron chi connectivity index (χ1n) is 4.39. The molecule has 0 fully saturated rings. The highest BCUT2D eigenvalue weighted by atomic mass is 79.9. The smallest absolute Gasteiger partial charge is 0.167 e. The van der Waals surface area contributed by atoms with Crippen LogP contribution in [0.25, 0.3) is 10.9 Å². The third-order valence-electron chi connectivity index (χ3n) is 2.31. The second-order valence-corrected chi connectivity index (χ2v) is 4.21. The monoisotopic (exact) mass is 265 g/mol. The van der Waals surface area contributed by atoms with Gasteiger partial charge in [0, 0.05) is 9.86 Å². The van der Waals surface area contributed by atoms with Crippen LogP contribution in [0.1, 0.15) is 26.4 Å². The third kappa shape index (κ3) is 1.51. The number of rotatable bonds is 2. The summed E-state index contributed by atoms with van der Waals surface area (Å²) in [5.74, 6) is 0. The van der Waals surface area contributed by atoms with Crippen LogP contribution in [0.2, 0.25) is 0 Å². The number of carbonyl (C=O) groups is 2. The lowest BCUT2D eigenvalue weighted by molar-refractivity contribution is 0.109. The van der Waals surface area contributed by atoms with Gasteiger partial charge in [0.2, 0.25) is 0 Å². The van der Waals surface area contributed by atoms with Crippen molar-refractivity contribution < 1.29 is 9.59 Å². The number of hydrogen-bond donors (Lipinski definition) is 1. The molecule has 0 aliphatic heterocycles. The van der Waals surface area contributed by atoms with E-state index in [0.29, 0.717) is 23.8 Å². The fraction of sp³-hybridized carbons (Fsp3) is 0.0909. The molecule has 1 aromatic carbocycles. The van der Waals surface area contributed by atoms with Gasteiger partial charge in [-0.05, 0) is 40.5 Å². The van der Waals surface area contributed by atoms with Gasteiger partial charge in [0.25, 0.3) is 0 Å². The molecule has 0 aliphatic rings. The molecule has 4 heteroatoms. The lowest BCUT2D eigenvalue weighted by Crippen LogP contribution is -1.85. The number of halogens is 1. The molecular weight excluding hydrogens is 258 g/mol. The van der Waals surface area contributed by atoms with Crippen molar-refractivity contribution in [3.8, 4) is 0 Å². The Kier molecular flexibility index (Phi) is 2.44. The maximum atomic E-state index is 10.9. The van der Waals surface area contributed by atoms with Crippen LogP contribution < -0.4 is 0 Å². The van der Waals surface area contributed by atoms with Crippen molar-refractivity contribution in [1.29, 1.82) is 0 Å². The summed E-state index contributed by atoms with van der Waals surface area (Å²) >= 11 is 3.39. The van der Waals surface area contributed by atoms with Gasteiger partial charge in [0.05, 0.1) is 16.8 Å². The van der Waals surface area contributed by atoms with Crippen LogP contribution >= 0.6 is 15.9 Å². The molecule has 0 amide bonds. The van der Waals surface area contributed by atoms with Gasteiger partial charge in [0.1, 0.15) is 0 Å². The summed E-state index contributed by atoms with van der Waals surface area (Å²) in [5.41, 5.74) is 2.56. The van der Waals surface area contributed by atoms with E-state index in [4.69, 9.17) is 0 Å². The number of aromatic amines is 1. The SMILES string of the molecule is Cc1cc(Br)c2[nH]c(C=O)c(C=O)c2c1. The second-order valence-electron chi connectivity index (χ2n) is 3.36. The summed E-state index contributed by atoms with van der Waals surface area (Å²) in [6.45, 7) is 1.94. The Balaban J connectivity index is 2.94. The van der Waals surface area contributed by atoms with Crippen LogP contribution in [0.4, 0.5) is 0 Å². The lowest BCUT2D eigenvalue weighted by atomic mass is 10.1. The number of H-pyrrole nitrogens is 1. The highest BCUT2D eigenvalue weighted by Gasteiger charge is 2.12. The fourth-order valence-corrected chi connectivity index (χ4v) is 2.32. The Bertz CT molecular complexity index is 557. The van der Waals surface area contributed by atoms with Gasteiger partial charge in [0.15, 0.2) is 12.6 Å². The molecule has 2 aromatic rings. The molecule has 1 N–H and O–H groups in total. The van der Waals surface area contributed by atoms with E-state index in [0.717, 1.165) is 20.9 Å². The molecule has 2 rings (SSSR count). The standard InChI is InChI=1S/C11H8BrNO2/c1-6-2-7-8(4-14)10(5-15)13-11(7)9(12)3-6/h2-5,13H,1H3. The zero-order valence-corrected chi connectivity index (χ0v) is 9.59. The van der Waals surface area contributed by atoms with Crippen molar-refractivity contribution in [1.82, 2.24) is 4.98 Å². The van der Waals surface area contributed by atoms with Crippen LogP contribution in [0.3, 0.4) is 0 Å². The van der Waals surface area contributed by atoms with Crippen LogP contribution in [0.15, 0.2) is 16.6 Å². The van der Waals surface area contributed by atoms with Crippen molar-refractivity contribution in [2.45, 2.75) is 6.92 Å². The Morgan fingerprint density at radius 3 is 2.60 bits per heavy atom. The number of aldehydes is 2. The normalized spacial score (nSPS) is 10.5. The van der Waals surface area contributed by atoms with E-state index in [-0.39, 0.29) is 0 Å². The molecule has 0 saturated carbocycles. The fourth-order valence-electron chi connectivity index (χ4n) is 1.65. The highest BCUT2D eigenvalue weighted by molar-refractivity contribution is 9.10. The predicted octanol–water partition coefficient (Wildman–Crippen LogP) is 2.86. The summed E-state index contributed by atoms with van der Waals surface area (Å²) in [6, 6.07) is 3.81. The van der Waals surface area contributed by atoms with E-state index < -0.39 is 0 Å². The predicted molar refractivity (Wildman–Crippen MR) is 61.5 cm³/mol. The minimum Gasteiger partial charge on any atom is -0.351 e. The van der Waals surface area contributed by atoms with Gasteiger partial charge in [-0.25, -0.2) is 0 Å². The summed E-state index contributed by atoms with van der Waals surface area (Å²) in [5, 5.41) is 0.777. The molecule has 0 unspecified atom stereocenters. The third-order valence-corrected chi connectivity index (χ3v) is 2.94. The van der Waals surface area contributed by atoms with Crippen LogP contribution in [0.5, 0.6) is 0 Å². The van der Waals surface area contributed by atoms with Gasteiger partial charge in [-0.1, -0.05) is 0 Å². The zero-order chi connectivity index (χ0) is 11.0. The van der Waals surface area contributed by atoms with Gasteiger partial charge in [-0.15, -0.1) is 0 Å². The molecular formula is C11H8BrNO2. The van der Waals surface area contributed by atoms with Crippen LogP contribution in [0, 0.1) is 6.92 Å². The summed E-state index contributed by atoms with van der Waals surface area (Å²) < 4.78 is 0.855. The molecule has 15 heavy (non-hydrogen) atoms. The van der Waals surface area contributed by atoms with E-state index in [1.165, 1.54) is 0 Å². The average molecular weight is 266 g/mol. The largest absolute Gasteiger partial charge is 0.351 e. The molecule has 1 aromatic heterocycles. The molecule has 3 nitrogen and oxygen atoms in total. The molecule has 0 radical (unpaired) electrons. The summed E-state index contributed by atoms with van der Waals surface area (Å²) in [6.07, 6.45) is 1.36. The molecule has 0 bridgehead atoms. The highest BCUT2D eigenvalue weighted by Crippen LogP contribution is 2.28. The number of aryl methyl sites for hydroxylation is 1. The number of nitrogens with one attached hydrogen (secondary N) is 1. The van der Waals surface area contributed by atoms with E-state index in [1.807, 2.05) is 19.1 Å². The maximum absolute atomic E-state index is 10.9. The van der Waals surface area contributed by atoms with E-state index in [9.17, 15) is 9.59 Å². The summed E-state index contributed by atoms with van der Waals surface area (Å²) in [4.78, 5) is 24.6. The van der Waals surface area contributed by atoms with Gasteiger partial charge in [-0.3, -0.25) is 9.59 Å². The van der Waals surface area contributed by atoms with Crippen LogP contribution in [-0.4, -0.2) is 17.6 Å². The Hall–Kier alpha value is -1.42. The first kappa shape index (κ1) is 10.1. The number of hydrogen-bond acceptors (Lipinski definition) is 2. The Morgan fingerprint density at radius 2 is 2.00 bits per heavy atom. The average Bonchev–Trinajstić information content (AvgIpc) is 2.55. The van der Waals surface area contributed by atoms with Crippen LogP contribution in [-0.2, 0) is 0 Å². The van der Waals surface area contributed by atoms with E-state index in [2.05, 4.69) is 20.9 Å². The molecule has 0 aliphatic carbocycles. The van der Waals surface area contributed by atoms with Crippen molar-refractivity contribution >= 4 is 39.4 Å². The lowest BCUT2D eigenvalue weighted by Gasteiger charge is -1.97. The molecule has 76 valence electrons. The number of aromatic nitrogens is 1. The van der Waals surface area contributed by atoms with Gasteiger partial charge < -0.3 is 4.98 Å². The molecule has 0 atom stereocenters. The molecule has 0 spiro atoms. The number of benzene rings is 1. The summed E-state index contributed by atoms with van der Waals surface area (Å²) in [7, 11) is 0. The minimum atomic E-state index is 0.325. The Labute approximate surface area is 94.6 Å². The van der Waals surface area contributed by atoms with Gasteiger partial charge >= 0.3 is 0 Å². The minimum absolute atomic E-state index is 0.325. The van der Waals surface area contributed by atoms with E-state index >= 15 is 0 Å². The van der Waals surface area contributed by atoms with Crippen molar-refractivity contribution in [3.63, 3.8) is 0 Å². The molecule has 0 saturated heterocycles. The Morgan fingerprint density at radius 1 is 1.27 bits per heavy atom. The number of fused-ring (bicyclic) bond motifs is 1. The molecule has 1 heterocycles. The first-order chi connectivity index (χ1) is 7.17. The topological polar surface area (TPSA) is 49.9 Å². The van der Waals surface area contributed by atoms with Crippen molar-refractivity contribution in [3.05, 3.63) is 33.4 Å². The second kappa shape index (κ2) is 3.62. The number of carbonyl (C=O) groups excluding carboxylic acids is 2. The maximum Gasteiger partial charge on any atom is 0.167 e. The van der Waals surface area contributed by atoms with E-state index in [1.54, 1.807) is 0 Å². The zero-order valence-electron chi connectivity index (χ0n) is 8.00. The van der Waals surface area contributed by atoms with Crippen molar-refractivity contribution in [2.24, 2.45) is 0 Å². The van der Waals surface area contributed by atoms with Crippen molar-refractivity contribution in [2.75, 3.05) is 0 Å².